The monoisotopic (exact) mass is 249 g/mol. The molecule has 1 nitrogen and oxygen atoms in total. The molecule has 0 heterocycles. The normalized spacial score (nSPS) is 10.3. The predicted octanol–water partition coefficient (Wildman–Crippen LogP) is 3.71. The van der Waals surface area contributed by atoms with E-state index >= 15 is 0 Å². The molecule has 0 aliphatic heterocycles. The van der Waals surface area contributed by atoms with Gasteiger partial charge in [0.15, 0.2) is 0 Å². The van der Waals surface area contributed by atoms with Crippen molar-refractivity contribution in [2.75, 3.05) is 6.54 Å². The Morgan fingerprint density at radius 1 is 0.789 bits per heavy atom. The Balaban J connectivity index is 2.02. The van der Waals surface area contributed by atoms with Crippen LogP contribution in [-0.2, 0) is 13.1 Å². The van der Waals surface area contributed by atoms with Gasteiger partial charge in [-0.3, -0.25) is 4.90 Å². The summed E-state index contributed by atoms with van der Waals surface area (Å²) in [5.74, 6) is 2.73. The molecule has 19 heavy (non-hydrogen) atoms. The van der Waals surface area contributed by atoms with E-state index in [0.29, 0.717) is 0 Å². The Labute approximate surface area is 115 Å². The fourth-order valence-electron chi connectivity index (χ4n) is 2.12. The standard InChI is InChI=1S/C18H19N/c1-2-3-14-19(15-17-10-6-4-7-11-17)16-18-12-8-5-9-13-18/h1,4-13H,3,14-16H2. The summed E-state index contributed by atoms with van der Waals surface area (Å²) >= 11 is 0. The molecule has 0 spiro atoms. The molecule has 0 unspecified atom stereocenters. The first-order valence-electron chi connectivity index (χ1n) is 6.62. The number of rotatable bonds is 6. The van der Waals surface area contributed by atoms with Crippen LogP contribution >= 0.6 is 0 Å². The average molecular weight is 249 g/mol. The van der Waals surface area contributed by atoms with Gasteiger partial charge in [0.2, 0.25) is 0 Å². The number of hydrogen-bond donors (Lipinski definition) is 0. The summed E-state index contributed by atoms with van der Waals surface area (Å²) in [7, 11) is 0. The van der Waals surface area contributed by atoms with Gasteiger partial charge in [-0.05, 0) is 11.1 Å². The molecule has 2 aromatic rings. The Bertz CT molecular complexity index is 469. The number of benzene rings is 2. The lowest BCUT2D eigenvalue weighted by Gasteiger charge is -2.21. The van der Waals surface area contributed by atoms with Gasteiger partial charge >= 0.3 is 0 Å². The molecule has 0 saturated heterocycles. The minimum atomic E-state index is 0.791. The second-order valence-corrected chi connectivity index (χ2v) is 4.64. The van der Waals surface area contributed by atoms with Gasteiger partial charge < -0.3 is 0 Å². The van der Waals surface area contributed by atoms with Gasteiger partial charge in [0, 0.05) is 26.1 Å². The topological polar surface area (TPSA) is 3.24 Å². The smallest absolute Gasteiger partial charge is 0.0237 e. The summed E-state index contributed by atoms with van der Waals surface area (Å²) in [6, 6.07) is 21.1. The first-order chi connectivity index (χ1) is 9.38. The van der Waals surface area contributed by atoms with Crippen molar-refractivity contribution in [1.82, 2.24) is 4.90 Å². The average Bonchev–Trinajstić information content (AvgIpc) is 2.47. The number of nitrogens with zero attached hydrogens (tertiary/aromatic N) is 1. The van der Waals surface area contributed by atoms with Crippen LogP contribution in [0.4, 0.5) is 0 Å². The molecule has 0 amide bonds. The summed E-state index contributed by atoms with van der Waals surface area (Å²) in [4.78, 5) is 2.39. The van der Waals surface area contributed by atoms with Crippen LogP contribution in [0.5, 0.6) is 0 Å². The van der Waals surface area contributed by atoms with Crippen LogP contribution < -0.4 is 0 Å². The van der Waals surface area contributed by atoms with Gasteiger partial charge in [-0.25, -0.2) is 0 Å². The van der Waals surface area contributed by atoms with Gasteiger partial charge in [-0.2, -0.15) is 0 Å². The molecule has 0 fully saturated rings. The van der Waals surface area contributed by atoms with Gasteiger partial charge in [-0.1, -0.05) is 60.7 Å². The molecule has 0 radical (unpaired) electrons. The van der Waals surface area contributed by atoms with Crippen molar-refractivity contribution >= 4 is 0 Å². The zero-order valence-corrected chi connectivity index (χ0v) is 11.1. The molecule has 2 rings (SSSR count). The summed E-state index contributed by atoms with van der Waals surface area (Å²) in [5, 5.41) is 0. The van der Waals surface area contributed by atoms with Crippen LogP contribution in [0.15, 0.2) is 60.7 Å². The summed E-state index contributed by atoms with van der Waals surface area (Å²) in [6.07, 6.45) is 6.18. The third-order valence-electron chi connectivity index (χ3n) is 3.07. The Kier molecular flexibility index (Phi) is 5.22. The van der Waals surface area contributed by atoms with Gasteiger partial charge in [0.05, 0.1) is 0 Å². The fraction of sp³-hybridized carbons (Fsp3) is 0.222. The van der Waals surface area contributed by atoms with Crippen molar-refractivity contribution in [3.05, 3.63) is 71.8 Å². The van der Waals surface area contributed by atoms with Crippen molar-refractivity contribution < 1.29 is 0 Å². The molecular formula is C18H19N. The van der Waals surface area contributed by atoms with E-state index in [-0.39, 0.29) is 0 Å². The Hall–Kier alpha value is -2.04. The molecule has 0 N–H and O–H groups in total. The Morgan fingerprint density at radius 2 is 1.26 bits per heavy atom. The van der Waals surface area contributed by atoms with Crippen LogP contribution in [0.1, 0.15) is 17.5 Å². The predicted molar refractivity (Wildman–Crippen MR) is 80.4 cm³/mol. The van der Waals surface area contributed by atoms with Crippen molar-refractivity contribution in [3.8, 4) is 12.3 Å². The molecule has 2 aromatic carbocycles. The van der Waals surface area contributed by atoms with Crippen LogP contribution in [0, 0.1) is 12.3 Å². The van der Waals surface area contributed by atoms with E-state index in [2.05, 4.69) is 59.4 Å². The van der Waals surface area contributed by atoms with Crippen LogP contribution in [0.2, 0.25) is 0 Å². The van der Waals surface area contributed by atoms with Crippen molar-refractivity contribution in [1.29, 1.82) is 0 Å². The molecular weight excluding hydrogens is 230 g/mol. The van der Waals surface area contributed by atoms with Crippen molar-refractivity contribution in [2.45, 2.75) is 19.5 Å². The lowest BCUT2D eigenvalue weighted by Crippen LogP contribution is -2.23. The molecule has 0 saturated carbocycles. The Morgan fingerprint density at radius 3 is 1.68 bits per heavy atom. The molecule has 0 aliphatic carbocycles. The zero-order chi connectivity index (χ0) is 13.3. The fourth-order valence-corrected chi connectivity index (χ4v) is 2.12. The number of hydrogen-bond acceptors (Lipinski definition) is 1. The lowest BCUT2D eigenvalue weighted by atomic mass is 10.1. The van der Waals surface area contributed by atoms with Crippen LogP contribution in [0.3, 0.4) is 0 Å². The minimum absolute atomic E-state index is 0.791. The maximum absolute atomic E-state index is 5.39. The highest BCUT2D eigenvalue weighted by Crippen LogP contribution is 2.10. The first-order valence-corrected chi connectivity index (χ1v) is 6.62. The maximum Gasteiger partial charge on any atom is 0.0237 e. The van der Waals surface area contributed by atoms with E-state index < -0.39 is 0 Å². The lowest BCUT2D eigenvalue weighted by molar-refractivity contribution is 0.263. The van der Waals surface area contributed by atoms with Crippen molar-refractivity contribution in [3.63, 3.8) is 0 Å². The molecule has 0 aliphatic rings. The van der Waals surface area contributed by atoms with E-state index in [1.54, 1.807) is 0 Å². The second kappa shape index (κ2) is 7.41. The quantitative estimate of drug-likeness (QED) is 0.705. The maximum atomic E-state index is 5.39. The van der Waals surface area contributed by atoms with E-state index in [1.807, 2.05) is 12.1 Å². The highest BCUT2D eigenvalue weighted by molar-refractivity contribution is 5.17. The van der Waals surface area contributed by atoms with Crippen LogP contribution in [-0.4, -0.2) is 11.4 Å². The van der Waals surface area contributed by atoms with E-state index in [9.17, 15) is 0 Å². The summed E-state index contributed by atoms with van der Waals surface area (Å²) in [5.41, 5.74) is 2.66. The molecule has 1 heteroatoms. The van der Waals surface area contributed by atoms with E-state index in [1.165, 1.54) is 11.1 Å². The highest BCUT2D eigenvalue weighted by atomic mass is 15.1. The molecule has 0 aromatic heterocycles. The van der Waals surface area contributed by atoms with Crippen LogP contribution in [0.25, 0.3) is 0 Å². The first kappa shape index (κ1) is 13.4. The molecule has 0 atom stereocenters. The largest absolute Gasteiger partial charge is 0.294 e. The zero-order valence-electron chi connectivity index (χ0n) is 11.1. The summed E-state index contributed by atoms with van der Waals surface area (Å²) < 4.78 is 0. The van der Waals surface area contributed by atoms with E-state index in [4.69, 9.17) is 6.42 Å². The second-order valence-electron chi connectivity index (χ2n) is 4.64. The third kappa shape index (κ3) is 4.62. The highest BCUT2D eigenvalue weighted by Gasteiger charge is 2.06. The molecule has 96 valence electrons. The van der Waals surface area contributed by atoms with Gasteiger partial charge in [0.1, 0.15) is 0 Å². The number of terminal acetylenes is 1. The van der Waals surface area contributed by atoms with Gasteiger partial charge in [-0.15, -0.1) is 12.3 Å². The third-order valence-corrected chi connectivity index (χ3v) is 3.07. The summed E-state index contributed by atoms with van der Waals surface area (Å²) in [6.45, 7) is 2.81. The molecule has 0 bridgehead atoms. The van der Waals surface area contributed by atoms with E-state index in [0.717, 1.165) is 26.1 Å². The SMILES string of the molecule is C#CCCN(Cc1ccccc1)Cc1ccccc1. The van der Waals surface area contributed by atoms with Gasteiger partial charge in [0.25, 0.3) is 0 Å². The minimum Gasteiger partial charge on any atom is -0.294 e. The van der Waals surface area contributed by atoms with Crippen molar-refractivity contribution in [2.24, 2.45) is 0 Å².